The number of carbonyl (C=O) groups is 2. The van der Waals surface area contributed by atoms with Gasteiger partial charge < -0.3 is 10.6 Å². The average Bonchev–Trinajstić information content (AvgIpc) is 2.27. The summed E-state index contributed by atoms with van der Waals surface area (Å²) in [7, 11) is 0. The number of hydrogen-bond donors (Lipinski definition) is 2. The summed E-state index contributed by atoms with van der Waals surface area (Å²) < 4.78 is 0. The highest BCUT2D eigenvalue weighted by Gasteiger charge is 2.35. The molecule has 2 atom stereocenters. The number of hydrogen-bond acceptors (Lipinski definition) is 2. The Labute approximate surface area is 110 Å². The zero-order chi connectivity index (χ0) is 13.7. The number of carbonyl (C=O) groups excluding carboxylic acids is 2. The summed E-state index contributed by atoms with van der Waals surface area (Å²) in [4.78, 5) is 24.2. The molecule has 1 fully saturated rings. The van der Waals surface area contributed by atoms with Crippen LogP contribution in [-0.4, -0.2) is 23.9 Å². The molecule has 2 amide bonds. The van der Waals surface area contributed by atoms with E-state index in [1.54, 1.807) is 0 Å². The summed E-state index contributed by atoms with van der Waals surface area (Å²) >= 11 is 0. The van der Waals surface area contributed by atoms with E-state index in [1.165, 1.54) is 0 Å². The van der Waals surface area contributed by atoms with E-state index in [9.17, 15) is 9.59 Å². The van der Waals surface area contributed by atoms with Gasteiger partial charge in [0.15, 0.2) is 0 Å². The summed E-state index contributed by atoms with van der Waals surface area (Å²) in [5.74, 6) is -0.234. The first-order chi connectivity index (χ1) is 8.41. The van der Waals surface area contributed by atoms with Gasteiger partial charge in [-0.05, 0) is 40.5 Å². The summed E-state index contributed by atoms with van der Waals surface area (Å²) in [6.07, 6.45) is 3.74. The summed E-state index contributed by atoms with van der Waals surface area (Å²) in [6.45, 7) is 7.79. The molecule has 0 saturated heterocycles. The molecule has 2 N–H and O–H groups in total. The van der Waals surface area contributed by atoms with Crippen LogP contribution in [0.4, 0.5) is 0 Å². The number of rotatable bonds is 4. The largest absolute Gasteiger partial charge is 0.354 e. The van der Waals surface area contributed by atoms with Crippen LogP contribution in [0.25, 0.3) is 0 Å². The fourth-order valence-electron chi connectivity index (χ4n) is 2.54. The fraction of sp³-hybridized carbons (Fsp3) is 0.857. The van der Waals surface area contributed by atoms with Crippen LogP contribution in [0.3, 0.4) is 0 Å². The Morgan fingerprint density at radius 2 is 1.17 bits per heavy atom. The van der Waals surface area contributed by atoms with Crippen LogP contribution in [0.1, 0.15) is 53.4 Å². The third-order valence-corrected chi connectivity index (χ3v) is 3.30. The van der Waals surface area contributed by atoms with Crippen LogP contribution in [0, 0.1) is 11.8 Å². The Kier molecular flexibility index (Phi) is 5.63. The van der Waals surface area contributed by atoms with E-state index in [-0.39, 0.29) is 35.7 Å². The molecular formula is C14H26N2O2. The Hall–Kier alpha value is -1.06. The molecule has 4 nitrogen and oxygen atoms in total. The fourth-order valence-corrected chi connectivity index (χ4v) is 2.54. The molecule has 0 aromatic heterocycles. The smallest absolute Gasteiger partial charge is 0.224 e. The second kappa shape index (κ2) is 6.76. The van der Waals surface area contributed by atoms with Crippen molar-refractivity contribution in [3.05, 3.63) is 0 Å². The summed E-state index contributed by atoms with van der Waals surface area (Å²) in [6, 6.07) is 0.265. The van der Waals surface area contributed by atoms with Gasteiger partial charge in [0, 0.05) is 23.9 Å². The quantitative estimate of drug-likeness (QED) is 0.804. The number of amides is 2. The van der Waals surface area contributed by atoms with Crippen molar-refractivity contribution >= 4 is 11.8 Å². The molecule has 0 bridgehead atoms. The topological polar surface area (TPSA) is 58.2 Å². The van der Waals surface area contributed by atoms with Crippen LogP contribution < -0.4 is 10.6 Å². The van der Waals surface area contributed by atoms with Crippen molar-refractivity contribution in [1.29, 1.82) is 0 Å². The highest BCUT2D eigenvalue weighted by atomic mass is 16.2. The second-order valence-electron chi connectivity index (χ2n) is 5.82. The Morgan fingerprint density at radius 3 is 1.44 bits per heavy atom. The predicted molar refractivity (Wildman–Crippen MR) is 72.0 cm³/mol. The molecule has 0 spiro atoms. The van der Waals surface area contributed by atoms with Crippen molar-refractivity contribution in [3.8, 4) is 0 Å². The van der Waals surface area contributed by atoms with Gasteiger partial charge in [0.2, 0.25) is 11.8 Å². The minimum Gasteiger partial charge on any atom is -0.354 e. The van der Waals surface area contributed by atoms with Gasteiger partial charge in [-0.3, -0.25) is 9.59 Å². The van der Waals surface area contributed by atoms with Crippen molar-refractivity contribution < 1.29 is 9.59 Å². The zero-order valence-electron chi connectivity index (χ0n) is 12.0. The maximum Gasteiger partial charge on any atom is 0.224 e. The Bertz CT molecular complexity index is 270. The molecule has 1 aliphatic carbocycles. The van der Waals surface area contributed by atoms with E-state index in [2.05, 4.69) is 10.6 Å². The molecule has 0 aromatic carbocycles. The van der Waals surface area contributed by atoms with Crippen LogP contribution in [0.2, 0.25) is 0 Å². The second-order valence-corrected chi connectivity index (χ2v) is 5.82. The van der Waals surface area contributed by atoms with E-state index in [0.717, 1.165) is 25.7 Å². The lowest BCUT2D eigenvalue weighted by Gasteiger charge is -2.30. The van der Waals surface area contributed by atoms with Crippen molar-refractivity contribution in [1.82, 2.24) is 10.6 Å². The van der Waals surface area contributed by atoms with Gasteiger partial charge >= 0.3 is 0 Å². The Balaban J connectivity index is 2.67. The molecule has 4 heteroatoms. The number of nitrogens with one attached hydrogen (secondary N) is 2. The SMILES string of the molecule is CC(C)NC(=O)[C@H]1CCCC[C@@H]1C(=O)NC(C)C. The van der Waals surface area contributed by atoms with Crippen LogP contribution in [-0.2, 0) is 9.59 Å². The van der Waals surface area contributed by atoms with E-state index < -0.39 is 0 Å². The standard InChI is InChI=1S/C14H26N2O2/c1-9(2)15-13(17)11-7-5-6-8-12(11)14(18)16-10(3)4/h9-12H,5-8H2,1-4H3,(H,15,17)(H,16,18)/t11-,12-/m0/s1. The minimum atomic E-state index is -0.153. The van der Waals surface area contributed by atoms with Crippen molar-refractivity contribution in [2.75, 3.05) is 0 Å². The zero-order valence-corrected chi connectivity index (χ0v) is 12.0. The van der Waals surface area contributed by atoms with Crippen LogP contribution in [0.15, 0.2) is 0 Å². The first-order valence-electron chi connectivity index (χ1n) is 7.02. The normalized spacial score (nSPS) is 24.1. The minimum absolute atomic E-state index is 0.0357. The summed E-state index contributed by atoms with van der Waals surface area (Å²) in [5, 5.41) is 5.86. The van der Waals surface area contributed by atoms with Gasteiger partial charge in [0.25, 0.3) is 0 Å². The van der Waals surface area contributed by atoms with E-state index in [0.29, 0.717) is 0 Å². The highest BCUT2D eigenvalue weighted by Crippen LogP contribution is 2.30. The van der Waals surface area contributed by atoms with Gasteiger partial charge in [-0.15, -0.1) is 0 Å². The molecule has 0 radical (unpaired) electrons. The van der Waals surface area contributed by atoms with Crippen molar-refractivity contribution in [2.45, 2.75) is 65.5 Å². The van der Waals surface area contributed by atoms with Gasteiger partial charge in [0.1, 0.15) is 0 Å². The molecule has 104 valence electrons. The lowest BCUT2D eigenvalue weighted by Crippen LogP contribution is -2.46. The molecule has 0 aromatic rings. The van der Waals surface area contributed by atoms with Gasteiger partial charge in [-0.2, -0.15) is 0 Å². The molecular weight excluding hydrogens is 228 g/mol. The Morgan fingerprint density at radius 1 is 0.833 bits per heavy atom. The maximum absolute atomic E-state index is 12.1. The van der Waals surface area contributed by atoms with Crippen LogP contribution in [0.5, 0.6) is 0 Å². The first kappa shape index (κ1) is 15.0. The maximum atomic E-state index is 12.1. The lowest BCUT2D eigenvalue weighted by molar-refractivity contribution is -0.137. The molecule has 0 heterocycles. The van der Waals surface area contributed by atoms with Gasteiger partial charge in [0.05, 0.1) is 0 Å². The molecule has 1 aliphatic rings. The van der Waals surface area contributed by atoms with E-state index >= 15 is 0 Å². The molecule has 0 aliphatic heterocycles. The van der Waals surface area contributed by atoms with Crippen molar-refractivity contribution in [3.63, 3.8) is 0 Å². The summed E-state index contributed by atoms with van der Waals surface area (Å²) in [5.41, 5.74) is 0. The van der Waals surface area contributed by atoms with Gasteiger partial charge in [-0.1, -0.05) is 12.8 Å². The van der Waals surface area contributed by atoms with Gasteiger partial charge in [-0.25, -0.2) is 0 Å². The van der Waals surface area contributed by atoms with E-state index in [4.69, 9.17) is 0 Å². The predicted octanol–water partition coefficient (Wildman–Crippen LogP) is 1.84. The average molecular weight is 254 g/mol. The van der Waals surface area contributed by atoms with Crippen LogP contribution >= 0.6 is 0 Å². The highest BCUT2D eigenvalue weighted by molar-refractivity contribution is 5.88. The molecule has 18 heavy (non-hydrogen) atoms. The molecule has 0 unspecified atom stereocenters. The first-order valence-corrected chi connectivity index (χ1v) is 7.02. The van der Waals surface area contributed by atoms with E-state index in [1.807, 2.05) is 27.7 Å². The van der Waals surface area contributed by atoms with Crippen molar-refractivity contribution in [2.24, 2.45) is 11.8 Å². The third kappa shape index (κ3) is 4.31. The molecule has 1 saturated carbocycles. The monoisotopic (exact) mass is 254 g/mol. The molecule has 1 rings (SSSR count). The third-order valence-electron chi connectivity index (χ3n) is 3.30. The lowest BCUT2D eigenvalue weighted by atomic mass is 9.78.